The molecule has 0 aromatic heterocycles. The second kappa shape index (κ2) is 6.95. The normalized spacial score (nSPS) is 30.1. The van der Waals surface area contributed by atoms with Crippen molar-refractivity contribution in [1.29, 1.82) is 0 Å². The summed E-state index contributed by atoms with van der Waals surface area (Å²) in [5.41, 5.74) is 5.46. The summed E-state index contributed by atoms with van der Waals surface area (Å²) in [7, 11) is 0. The van der Waals surface area contributed by atoms with Crippen LogP contribution in [0.2, 0.25) is 0 Å². The zero-order chi connectivity index (χ0) is 12.8. The molecule has 3 N–H and O–H groups in total. The third-order valence-corrected chi connectivity index (χ3v) is 4.10. The van der Waals surface area contributed by atoms with Crippen LogP contribution in [0.1, 0.15) is 44.9 Å². The number of morpholine rings is 1. The Balaban J connectivity index is 1.71. The molecule has 18 heavy (non-hydrogen) atoms. The highest BCUT2D eigenvalue weighted by Gasteiger charge is 2.33. The first-order valence-electron chi connectivity index (χ1n) is 7.13. The smallest absolute Gasteiger partial charge is 0.139 e. The van der Waals surface area contributed by atoms with E-state index in [-0.39, 0.29) is 0 Å². The fraction of sp³-hybridized carbons (Fsp3) is 0.923. The van der Waals surface area contributed by atoms with Crippen LogP contribution in [-0.4, -0.2) is 47.8 Å². The number of oxime groups is 1. The molecule has 0 aromatic rings. The Morgan fingerprint density at radius 1 is 1.33 bits per heavy atom. The highest BCUT2D eigenvalue weighted by Crippen LogP contribution is 2.28. The third-order valence-electron chi connectivity index (χ3n) is 4.10. The zero-order valence-electron chi connectivity index (χ0n) is 11.1. The Kier molecular flexibility index (Phi) is 5.26. The summed E-state index contributed by atoms with van der Waals surface area (Å²) in [6.07, 6.45) is 8.43. The Labute approximate surface area is 109 Å². The number of hydrogen-bond donors (Lipinski definition) is 2. The number of nitrogens with two attached hydrogens (primary N) is 1. The summed E-state index contributed by atoms with van der Waals surface area (Å²) >= 11 is 0. The van der Waals surface area contributed by atoms with Crippen molar-refractivity contribution in [3.8, 4) is 0 Å². The van der Waals surface area contributed by atoms with Gasteiger partial charge in [-0.25, -0.2) is 0 Å². The summed E-state index contributed by atoms with van der Waals surface area (Å²) in [5.74, 6) is 0.340. The van der Waals surface area contributed by atoms with Gasteiger partial charge in [-0.2, -0.15) is 0 Å². The molecule has 0 aromatic carbocycles. The number of unbranched alkanes of at least 4 members (excludes halogenated alkanes) is 1. The van der Waals surface area contributed by atoms with Gasteiger partial charge in [0.25, 0.3) is 0 Å². The summed E-state index contributed by atoms with van der Waals surface area (Å²) in [5, 5.41) is 11.5. The van der Waals surface area contributed by atoms with E-state index in [0.29, 0.717) is 24.4 Å². The minimum absolute atomic E-state index is 0.340. The molecular formula is C13H25N3O2. The predicted molar refractivity (Wildman–Crippen MR) is 70.8 cm³/mol. The van der Waals surface area contributed by atoms with Crippen LogP contribution >= 0.6 is 0 Å². The lowest BCUT2D eigenvalue weighted by molar-refractivity contribution is -0.0882. The maximum atomic E-state index is 8.47. The average Bonchev–Trinajstić information content (AvgIpc) is 2.43. The number of nitrogens with zero attached hydrogens (tertiary/aromatic N) is 2. The molecule has 2 unspecified atom stereocenters. The van der Waals surface area contributed by atoms with Crippen molar-refractivity contribution in [1.82, 2.24) is 4.90 Å². The summed E-state index contributed by atoms with van der Waals surface area (Å²) < 4.78 is 5.86. The van der Waals surface area contributed by atoms with E-state index in [1.54, 1.807) is 0 Å². The maximum absolute atomic E-state index is 8.47. The fourth-order valence-electron chi connectivity index (χ4n) is 3.13. The van der Waals surface area contributed by atoms with Crippen LogP contribution in [0, 0.1) is 0 Å². The molecule has 0 spiro atoms. The van der Waals surface area contributed by atoms with Gasteiger partial charge in [-0.1, -0.05) is 18.0 Å². The quantitative estimate of drug-likeness (QED) is 0.257. The molecule has 2 atom stereocenters. The van der Waals surface area contributed by atoms with E-state index in [1.807, 2.05) is 0 Å². The molecule has 1 saturated heterocycles. The minimum Gasteiger partial charge on any atom is -0.409 e. The van der Waals surface area contributed by atoms with E-state index < -0.39 is 0 Å². The van der Waals surface area contributed by atoms with Gasteiger partial charge in [-0.3, -0.25) is 4.90 Å². The Morgan fingerprint density at radius 2 is 2.17 bits per heavy atom. The van der Waals surface area contributed by atoms with Gasteiger partial charge in [0.1, 0.15) is 5.84 Å². The average molecular weight is 255 g/mol. The van der Waals surface area contributed by atoms with Crippen molar-refractivity contribution in [2.24, 2.45) is 10.9 Å². The third kappa shape index (κ3) is 3.59. The van der Waals surface area contributed by atoms with Crippen molar-refractivity contribution >= 4 is 5.84 Å². The standard InChI is InChI=1S/C13H25N3O2/c14-13(15-17)7-3-4-8-16-9-10-18-12-6-2-1-5-11(12)16/h11-12,17H,1-10H2,(H2,14,15). The van der Waals surface area contributed by atoms with Gasteiger partial charge in [-0.05, 0) is 32.2 Å². The number of fused-ring (bicyclic) bond motifs is 1. The topological polar surface area (TPSA) is 71.1 Å². The minimum atomic E-state index is 0.340. The highest BCUT2D eigenvalue weighted by molar-refractivity contribution is 5.79. The van der Waals surface area contributed by atoms with Gasteiger partial charge in [0.15, 0.2) is 0 Å². The largest absolute Gasteiger partial charge is 0.409 e. The first kappa shape index (κ1) is 13.6. The molecule has 2 rings (SSSR count). The van der Waals surface area contributed by atoms with E-state index in [9.17, 15) is 0 Å². The van der Waals surface area contributed by atoms with Crippen LogP contribution in [0.4, 0.5) is 0 Å². The lowest BCUT2D eigenvalue weighted by Gasteiger charge is -2.43. The van der Waals surface area contributed by atoms with Crippen LogP contribution in [-0.2, 0) is 4.74 Å². The molecule has 0 amide bonds. The number of ether oxygens (including phenoxy) is 1. The Bertz CT molecular complexity index is 281. The fourth-order valence-corrected chi connectivity index (χ4v) is 3.13. The van der Waals surface area contributed by atoms with Gasteiger partial charge >= 0.3 is 0 Å². The SMILES string of the molecule is NC(CCCCN1CCOC2CCCCC21)=NO. The molecule has 1 saturated carbocycles. The lowest BCUT2D eigenvalue weighted by atomic mass is 9.90. The van der Waals surface area contributed by atoms with E-state index in [2.05, 4.69) is 10.1 Å². The van der Waals surface area contributed by atoms with Crippen molar-refractivity contribution in [2.45, 2.75) is 57.1 Å². The first-order valence-corrected chi connectivity index (χ1v) is 7.13. The molecule has 1 heterocycles. The van der Waals surface area contributed by atoms with Crippen LogP contribution in [0.5, 0.6) is 0 Å². The van der Waals surface area contributed by atoms with Crippen LogP contribution in [0.3, 0.4) is 0 Å². The molecule has 2 aliphatic rings. The van der Waals surface area contributed by atoms with E-state index in [4.69, 9.17) is 15.7 Å². The molecular weight excluding hydrogens is 230 g/mol. The van der Waals surface area contributed by atoms with Crippen molar-refractivity contribution in [3.63, 3.8) is 0 Å². The predicted octanol–water partition coefficient (Wildman–Crippen LogP) is 1.55. The van der Waals surface area contributed by atoms with Gasteiger partial charge < -0.3 is 15.7 Å². The van der Waals surface area contributed by atoms with Crippen LogP contribution < -0.4 is 5.73 Å². The second-order valence-corrected chi connectivity index (χ2v) is 5.35. The first-order chi connectivity index (χ1) is 8.81. The summed E-state index contributed by atoms with van der Waals surface area (Å²) in [4.78, 5) is 2.58. The zero-order valence-corrected chi connectivity index (χ0v) is 11.1. The molecule has 1 aliphatic carbocycles. The van der Waals surface area contributed by atoms with Gasteiger partial charge in [0.05, 0.1) is 12.7 Å². The van der Waals surface area contributed by atoms with Crippen molar-refractivity contribution < 1.29 is 9.94 Å². The molecule has 1 aliphatic heterocycles. The molecule has 0 bridgehead atoms. The molecule has 5 heteroatoms. The van der Waals surface area contributed by atoms with E-state index in [1.165, 1.54) is 25.7 Å². The lowest BCUT2D eigenvalue weighted by Crippen LogP contribution is -2.52. The van der Waals surface area contributed by atoms with E-state index >= 15 is 0 Å². The van der Waals surface area contributed by atoms with Crippen LogP contribution in [0.15, 0.2) is 5.16 Å². The van der Waals surface area contributed by atoms with Gasteiger partial charge in [0, 0.05) is 19.0 Å². The van der Waals surface area contributed by atoms with Crippen LogP contribution in [0.25, 0.3) is 0 Å². The molecule has 104 valence electrons. The highest BCUT2D eigenvalue weighted by atomic mass is 16.5. The van der Waals surface area contributed by atoms with Gasteiger partial charge in [-0.15, -0.1) is 0 Å². The Morgan fingerprint density at radius 3 is 3.00 bits per heavy atom. The molecule has 5 nitrogen and oxygen atoms in total. The van der Waals surface area contributed by atoms with Gasteiger partial charge in [0.2, 0.25) is 0 Å². The molecule has 0 radical (unpaired) electrons. The monoisotopic (exact) mass is 255 g/mol. The van der Waals surface area contributed by atoms with E-state index in [0.717, 1.165) is 32.5 Å². The maximum Gasteiger partial charge on any atom is 0.139 e. The number of amidine groups is 1. The Hall–Kier alpha value is -0.810. The molecule has 2 fully saturated rings. The summed E-state index contributed by atoms with van der Waals surface area (Å²) in [6.45, 7) is 3.05. The second-order valence-electron chi connectivity index (χ2n) is 5.35. The number of hydrogen-bond acceptors (Lipinski definition) is 4. The van der Waals surface area contributed by atoms with Crippen molar-refractivity contribution in [3.05, 3.63) is 0 Å². The van der Waals surface area contributed by atoms with Crippen molar-refractivity contribution in [2.75, 3.05) is 19.7 Å². The summed E-state index contributed by atoms with van der Waals surface area (Å²) in [6, 6.07) is 0.636. The number of rotatable bonds is 5.